The summed E-state index contributed by atoms with van der Waals surface area (Å²) in [5.74, 6) is 0.319. The first kappa shape index (κ1) is 56.0. The maximum Gasteiger partial charge on any atom is 0.342 e. The number of para-hydroxylation sites is 1. The second-order valence-corrected chi connectivity index (χ2v) is 18.4. The first-order valence-electron chi connectivity index (χ1n) is 26.7. The number of hydrogen-bond donors (Lipinski definition) is 2. The molecule has 0 radical (unpaired) electrons. The number of ether oxygens (including phenoxy) is 4. The van der Waals surface area contributed by atoms with Gasteiger partial charge < -0.3 is 29.2 Å². The highest BCUT2D eigenvalue weighted by Gasteiger charge is 2.19. The van der Waals surface area contributed by atoms with Crippen LogP contribution in [0.2, 0.25) is 0 Å². The van der Waals surface area contributed by atoms with E-state index in [0.717, 1.165) is 44.1 Å². The van der Waals surface area contributed by atoms with E-state index >= 15 is 0 Å². The molecular formula is C56H96O7. The zero-order valence-electron chi connectivity index (χ0n) is 41.1. The van der Waals surface area contributed by atoms with Gasteiger partial charge in [-0.1, -0.05) is 239 Å². The normalized spacial score (nSPS) is 11.3. The molecule has 0 saturated carbocycles. The van der Waals surface area contributed by atoms with Gasteiger partial charge in [0.1, 0.15) is 12.2 Å². The number of rotatable bonds is 45. The van der Waals surface area contributed by atoms with Crippen LogP contribution in [-0.4, -0.2) is 36.0 Å². The Morgan fingerprint density at radius 3 is 1.10 bits per heavy atom. The molecule has 0 unspecified atom stereocenters. The second-order valence-electron chi connectivity index (χ2n) is 18.4. The van der Waals surface area contributed by atoms with Gasteiger partial charge in [0, 0.05) is 0 Å². The number of unbranched alkanes of at least 4 members (excludes halogenated alkanes) is 33. The summed E-state index contributed by atoms with van der Waals surface area (Å²) in [6, 6.07) is 8.10. The Balaban J connectivity index is 2.02. The summed E-state index contributed by atoms with van der Waals surface area (Å²) in [4.78, 5) is 13.0. The Bertz CT molecular complexity index is 1310. The minimum Gasteiger partial charge on any atom is -0.504 e. The van der Waals surface area contributed by atoms with E-state index in [-0.39, 0.29) is 17.9 Å². The molecule has 0 aliphatic rings. The largest absolute Gasteiger partial charge is 0.504 e. The van der Waals surface area contributed by atoms with Gasteiger partial charge in [-0.3, -0.25) is 0 Å². The Morgan fingerprint density at radius 2 is 0.746 bits per heavy atom. The maximum atomic E-state index is 13.0. The van der Waals surface area contributed by atoms with Gasteiger partial charge in [-0.2, -0.15) is 0 Å². The lowest BCUT2D eigenvalue weighted by Gasteiger charge is -2.19. The van der Waals surface area contributed by atoms with Crippen LogP contribution in [0.25, 0.3) is 0 Å². The highest BCUT2D eigenvalue weighted by molar-refractivity contribution is 5.93. The molecule has 362 valence electrons. The number of hydrogen-bond acceptors (Lipinski definition) is 7. The Labute approximate surface area is 387 Å². The smallest absolute Gasteiger partial charge is 0.342 e. The molecule has 7 heteroatoms. The SMILES string of the molecule is CCCCCCCCCCCCCCOc1cc(COC(=O)c2cccc(O)c2O)cc(OCCCCCCCCCCCCCC)c1OCCCCCCCCCCCCCC. The Hall–Kier alpha value is -3.09. The average molecular weight is 881 g/mol. The van der Waals surface area contributed by atoms with Crippen molar-refractivity contribution in [2.45, 2.75) is 259 Å². The van der Waals surface area contributed by atoms with Crippen LogP contribution in [0.15, 0.2) is 30.3 Å². The monoisotopic (exact) mass is 881 g/mol. The van der Waals surface area contributed by atoms with Crippen molar-refractivity contribution in [1.29, 1.82) is 0 Å². The van der Waals surface area contributed by atoms with Crippen LogP contribution in [0.3, 0.4) is 0 Å². The number of aromatic hydroxyl groups is 2. The van der Waals surface area contributed by atoms with Crippen LogP contribution in [0, 0.1) is 0 Å². The van der Waals surface area contributed by atoms with Gasteiger partial charge in [-0.05, 0) is 49.1 Å². The summed E-state index contributed by atoms with van der Waals surface area (Å²) in [6.07, 6.45) is 46.3. The standard InChI is InChI=1S/C56H96O7/c1-4-7-10-13-16-19-22-25-28-31-34-37-43-60-52-46-49(48-63-56(59)50-41-40-42-51(57)54(50)58)47-53(61-44-38-35-32-29-26-23-20-17-14-11-8-5-2)55(52)62-45-39-36-33-30-27-24-21-18-15-12-9-6-3/h40-42,46-47,57-58H,4-39,43-45,48H2,1-3H3. The molecule has 0 atom stereocenters. The molecule has 0 spiro atoms. The summed E-state index contributed by atoms with van der Waals surface area (Å²) < 4.78 is 25.2. The van der Waals surface area contributed by atoms with Gasteiger partial charge in [0.05, 0.1) is 19.8 Å². The predicted molar refractivity (Wildman–Crippen MR) is 265 cm³/mol. The van der Waals surface area contributed by atoms with E-state index in [4.69, 9.17) is 18.9 Å². The molecule has 0 aliphatic heterocycles. The van der Waals surface area contributed by atoms with Crippen LogP contribution in [0.5, 0.6) is 28.7 Å². The van der Waals surface area contributed by atoms with Crippen LogP contribution in [-0.2, 0) is 11.3 Å². The summed E-state index contributed by atoms with van der Waals surface area (Å²) in [5, 5.41) is 20.3. The highest BCUT2D eigenvalue weighted by Crippen LogP contribution is 2.40. The molecule has 0 bridgehead atoms. The number of carbonyl (C=O) groups excluding carboxylic acids is 1. The van der Waals surface area contributed by atoms with Crippen molar-refractivity contribution in [3.05, 3.63) is 41.5 Å². The van der Waals surface area contributed by atoms with E-state index < -0.39 is 11.7 Å². The van der Waals surface area contributed by atoms with Crippen molar-refractivity contribution in [2.75, 3.05) is 19.8 Å². The molecule has 0 amide bonds. The summed E-state index contributed by atoms with van der Waals surface area (Å²) in [7, 11) is 0. The zero-order chi connectivity index (χ0) is 45.3. The fourth-order valence-corrected chi connectivity index (χ4v) is 8.36. The zero-order valence-corrected chi connectivity index (χ0v) is 41.1. The van der Waals surface area contributed by atoms with E-state index in [1.807, 2.05) is 12.1 Å². The van der Waals surface area contributed by atoms with E-state index in [1.54, 1.807) is 0 Å². The Kier molecular flexibility index (Phi) is 36.0. The summed E-state index contributed by atoms with van der Waals surface area (Å²) in [6.45, 7) is 8.52. The third-order valence-electron chi connectivity index (χ3n) is 12.4. The van der Waals surface area contributed by atoms with Crippen molar-refractivity contribution in [1.82, 2.24) is 0 Å². The molecule has 0 aliphatic carbocycles. The van der Waals surface area contributed by atoms with Gasteiger partial charge >= 0.3 is 5.97 Å². The average Bonchev–Trinajstić information content (AvgIpc) is 3.29. The van der Waals surface area contributed by atoms with E-state index in [2.05, 4.69) is 20.8 Å². The van der Waals surface area contributed by atoms with Crippen molar-refractivity contribution < 1.29 is 34.0 Å². The molecule has 2 N–H and O–H groups in total. The molecule has 0 aromatic heterocycles. The lowest BCUT2D eigenvalue weighted by atomic mass is 10.1. The van der Waals surface area contributed by atoms with Gasteiger partial charge in [-0.25, -0.2) is 4.79 Å². The predicted octanol–water partition coefficient (Wildman–Crippen LogP) is 17.7. The van der Waals surface area contributed by atoms with Crippen molar-refractivity contribution in [3.63, 3.8) is 0 Å². The third-order valence-corrected chi connectivity index (χ3v) is 12.4. The molecule has 2 rings (SSSR count). The summed E-state index contributed by atoms with van der Waals surface area (Å²) in [5.41, 5.74) is 0.638. The van der Waals surface area contributed by atoms with Crippen LogP contribution in [0.4, 0.5) is 0 Å². The van der Waals surface area contributed by atoms with Crippen molar-refractivity contribution >= 4 is 5.97 Å². The number of benzene rings is 2. The third kappa shape index (κ3) is 29.1. The van der Waals surface area contributed by atoms with E-state index in [9.17, 15) is 15.0 Å². The van der Waals surface area contributed by atoms with E-state index in [1.165, 1.54) is 211 Å². The van der Waals surface area contributed by atoms with Crippen molar-refractivity contribution in [2.24, 2.45) is 0 Å². The fraction of sp³-hybridized carbons (Fsp3) is 0.768. The van der Waals surface area contributed by atoms with Crippen LogP contribution >= 0.6 is 0 Å². The number of carbonyl (C=O) groups is 1. The molecular weight excluding hydrogens is 785 g/mol. The molecule has 0 heterocycles. The van der Waals surface area contributed by atoms with Gasteiger partial charge in [-0.15, -0.1) is 0 Å². The van der Waals surface area contributed by atoms with Gasteiger partial charge in [0.2, 0.25) is 5.75 Å². The maximum absolute atomic E-state index is 13.0. The molecule has 7 nitrogen and oxygen atoms in total. The summed E-state index contributed by atoms with van der Waals surface area (Å²) >= 11 is 0. The lowest BCUT2D eigenvalue weighted by Crippen LogP contribution is -2.09. The minimum absolute atomic E-state index is 0.0448. The van der Waals surface area contributed by atoms with Gasteiger partial charge in [0.25, 0.3) is 0 Å². The van der Waals surface area contributed by atoms with Crippen LogP contribution < -0.4 is 14.2 Å². The topological polar surface area (TPSA) is 94.5 Å². The number of esters is 1. The fourth-order valence-electron chi connectivity index (χ4n) is 8.36. The lowest BCUT2D eigenvalue weighted by molar-refractivity contribution is 0.0467. The number of phenols is 2. The quantitative estimate of drug-likeness (QED) is 0.0389. The second kappa shape index (κ2) is 40.4. The van der Waals surface area contributed by atoms with Gasteiger partial charge in [0.15, 0.2) is 23.0 Å². The highest BCUT2D eigenvalue weighted by atomic mass is 16.5. The van der Waals surface area contributed by atoms with Crippen LogP contribution in [0.1, 0.15) is 268 Å². The molecule has 0 fully saturated rings. The number of phenolic OH excluding ortho intramolecular Hbond substituents is 2. The molecule has 2 aromatic rings. The Morgan fingerprint density at radius 1 is 0.429 bits per heavy atom. The first-order chi connectivity index (χ1) is 31.0. The first-order valence-corrected chi connectivity index (χ1v) is 26.7. The molecule has 0 saturated heterocycles. The molecule has 2 aromatic carbocycles. The minimum atomic E-state index is -0.714. The van der Waals surface area contributed by atoms with Crippen molar-refractivity contribution in [3.8, 4) is 28.7 Å². The van der Waals surface area contributed by atoms with E-state index in [0.29, 0.717) is 37.1 Å². The molecule has 63 heavy (non-hydrogen) atoms.